The number of benzene rings is 2. The average molecular weight is 508 g/mol. The quantitative estimate of drug-likeness (QED) is 0.402. The van der Waals surface area contributed by atoms with E-state index in [4.69, 9.17) is 4.74 Å². The van der Waals surface area contributed by atoms with Crippen molar-refractivity contribution in [2.75, 3.05) is 7.11 Å². The zero-order chi connectivity index (χ0) is 23.0. The molecule has 0 fully saturated rings. The molecular formula is C24H22BrN5O3. The van der Waals surface area contributed by atoms with Gasteiger partial charge in [-0.05, 0) is 36.1 Å². The molecule has 0 radical (unpaired) electrons. The van der Waals surface area contributed by atoms with E-state index in [9.17, 15) is 9.59 Å². The molecule has 0 amide bonds. The summed E-state index contributed by atoms with van der Waals surface area (Å²) in [5.74, 6) is 0.503. The van der Waals surface area contributed by atoms with Gasteiger partial charge in [0.15, 0.2) is 5.82 Å². The van der Waals surface area contributed by atoms with Crippen LogP contribution in [-0.2, 0) is 28.9 Å². The number of hydrogen-bond donors (Lipinski definition) is 2. The van der Waals surface area contributed by atoms with E-state index in [1.165, 1.54) is 23.3 Å². The Kier molecular flexibility index (Phi) is 5.59. The first-order valence-electron chi connectivity index (χ1n) is 10.6. The highest BCUT2D eigenvalue weighted by molar-refractivity contribution is 9.10. The van der Waals surface area contributed by atoms with Crippen LogP contribution in [0, 0.1) is 0 Å². The van der Waals surface area contributed by atoms with Gasteiger partial charge in [-0.2, -0.15) is 9.50 Å². The number of aromatic amines is 1. The number of halogens is 1. The van der Waals surface area contributed by atoms with Crippen molar-refractivity contribution in [3.8, 4) is 11.4 Å². The second-order valence-corrected chi connectivity index (χ2v) is 9.10. The Balaban J connectivity index is 1.43. The van der Waals surface area contributed by atoms with Crippen LogP contribution >= 0.6 is 15.9 Å². The molecule has 1 aliphatic rings. The van der Waals surface area contributed by atoms with Gasteiger partial charge >= 0.3 is 5.97 Å². The molecule has 1 unspecified atom stereocenters. The monoisotopic (exact) mass is 507 g/mol. The highest BCUT2D eigenvalue weighted by Crippen LogP contribution is 2.32. The predicted octanol–water partition coefficient (Wildman–Crippen LogP) is 3.04. The Morgan fingerprint density at radius 1 is 1.21 bits per heavy atom. The van der Waals surface area contributed by atoms with Crippen LogP contribution in [0.3, 0.4) is 0 Å². The first-order chi connectivity index (χ1) is 16.0. The molecule has 2 aromatic heterocycles. The maximum atomic E-state index is 12.8. The minimum atomic E-state index is -0.881. The average Bonchev–Trinajstić information content (AvgIpc) is 3.27. The van der Waals surface area contributed by atoms with Crippen LogP contribution in [-0.4, -0.2) is 38.2 Å². The molecule has 0 spiro atoms. The van der Waals surface area contributed by atoms with E-state index in [1.807, 2.05) is 42.5 Å². The molecule has 2 heterocycles. The van der Waals surface area contributed by atoms with Crippen molar-refractivity contribution < 1.29 is 9.53 Å². The Morgan fingerprint density at radius 2 is 2.03 bits per heavy atom. The third-order valence-corrected chi connectivity index (χ3v) is 6.59. The van der Waals surface area contributed by atoms with Gasteiger partial charge in [0.25, 0.3) is 5.56 Å². The molecule has 1 atom stereocenters. The topological polar surface area (TPSA) is 101 Å². The van der Waals surface area contributed by atoms with Crippen LogP contribution in [0.4, 0.5) is 0 Å². The number of nitrogens with zero attached hydrogens (tertiary/aromatic N) is 3. The number of hydrogen-bond acceptors (Lipinski definition) is 6. The minimum absolute atomic E-state index is 0.276. The Labute approximate surface area is 198 Å². The van der Waals surface area contributed by atoms with Crippen molar-refractivity contribution in [2.24, 2.45) is 0 Å². The van der Waals surface area contributed by atoms with E-state index in [0.29, 0.717) is 30.1 Å². The van der Waals surface area contributed by atoms with Crippen molar-refractivity contribution in [1.29, 1.82) is 0 Å². The number of methoxy groups -OCH3 is 1. The van der Waals surface area contributed by atoms with Crippen molar-refractivity contribution in [1.82, 2.24) is 24.9 Å². The van der Waals surface area contributed by atoms with Gasteiger partial charge in [-0.3, -0.25) is 14.9 Å². The molecule has 168 valence electrons. The van der Waals surface area contributed by atoms with Gasteiger partial charge in [0.1, 0.15) is 5.54 Å². The molecular weight excluding hydrogens is 486 g/mol. The van der Waals surface area contributed by atoms with E-state index in [-0.39, 0.29) is 18.1 Å². The van der Waals surface area contributed by atoms with Crippen molar-refractivity contribution in [3.05, 3.63) is 86.2 Å². The lowest BCUT2D eigenvalue weighted by Crippen LogP contribution is -2.56. The summed E-state index contributed by atoms with van der Waals surface area (Å²) in [6, 6.07) is 17.1. The van der Waals surface area contributed by atoms with Crippen LogP contribution in [0.1, 0.15) is 23.2 Å². The molecule has 0 saturated heterocycles. The first-order valence-corrected chi connectivity index (χ1v) is 11.4. The molecule has 0 aliphatic heterocycles. The summed E-state index contributed by atoms with van der Waals surface area (Å²) in [5.41, 5.74) is 2.59. The standard InChI is InChI=1S/C24H22BrN5O3/c1-33-22(32)24(10-9-15-7-8-18(25)11-17(15)13-24)26-14-19-12-20(31)30-23(27-19)28-21(29-30)16-5-3-2-4-6-16/h2-8,11-12,26H,9-10,13-14H2,1H3,(H,27,28,29). The zero-order valence-electron chi connectivity index (χ0n) is 18.0. The lowest BCUT2D eigenvalue weighted by molar-refractivity contribution is -0.149. The molecule has 1 aliphatic carbocycles. The third kappa shape index (κ3) is 4.09. The van der Waals surface area contributed by atoms with Gasteiger partial charge in [0.2, 0.25) is 5.78 Å². The summed E-state index contributed by atoms with van der Waals surface area (Å²) >= 11 is 3.52. The summed E-state index contributed by atoms with van der Waals surface area (Å²) in [7, 11) is 1.40. The fourth-order valence-corrected chi connectivity index (χ4v) is 4.77. The molecule has 8 nitrogen and oxygen atoms in total. The van der Waals surface area contributed by atoms with Gasteiger partial charge in [0.05, 0.1) is 7.11 Å². The van der Waals surface area contributed by atoms with E-state index in [1.54, 1.807) is 0 Å². The Bertz CT molecular complexity index is 1400. The number of esters is 1. The van der Waals surface area contributed by atoms with Gasteiger partial charge in [-0.1, -0.05) is 52.3 Å². The number of aromatic nitrogens is 4. The number of aryl methyl sites for hydroxylation is 1. The summed E-state index contributed by atoms with van der Waals surface area (Å²) in [4.78, 5) is 33.2. The second-order valence-electron chi connectivity index (χ2n) is 8.19. The van der Waals surface area contributed by atoms with E-state index >= 15 is 0 Å². The highest BCUT2D eigenvalue weighted by Gasteiger charge is 2.42. The maximum absolute atomic E-state index is 12.8. The zero-order valence-corrected chi connectivity index (χ0v) is 19.6. The fraction of sp³-hybridized carbons (Fsp3) is 0.250. The summed E-state index contributed by atoms with van der Waals surface area (Å²) < 4.78 is 7.38. The van der Waals surface area contributed by atoms with Crippen molar-refractivity contribution in [2.45, 2.75) is 31.3 Å². The lowest BCUT2D eigenvalue weighted by Gasteiger charge is -2.36. The Morgan fingerprint density at radius 3 is 2.82 bits per heavy atom. The molecule has 5 rings (SSSR count). The third-order valence-electron chi connectivity index (χ3n) is 6.09. The van der Waals surface area contributed by atoms with Crippen LogP contribution in [0.5, 0.6) is 0 Å². The number of nitrogens with one attached hydrogen (secondary N) is 2. The fourth-order valence-electron chi connectivity index (χ4n) is 4.36. The van der Waals surface area contributed by atoms with Gasteiger partial charge < -0.3 is 9.72 Å². The summed E-state index contributed by atoms with van der Waals surface area (Å²) in [5, 5.41) is 7.70. The largest absolute Gasteiger partial charge is 0.468 e. The number of H-pyrrole nitrogens is 1. The maximum Gasteiger partial charge on any atom is 0.326 e. The SMILES string of the molecule is COC(=O)C1(NCc2cc(=O)n3nc(-c4ccccc4)nc3[nH]2)CCc2ccc(Br)cc2C1. The number of ether oxygens (including phenoxy) is 1. The molecule has 2 N–H and O–H groups in total. The van der Waals surface area contributed by atoms with Crippen molar-refractivity contribution >= 4 is 27.7 Å². The number of carbonyl (C=O) groups is 1. The number of fused-ring (bicyclic) bond motifs is 2. The molecule has 33 heavy (non-hydrogen) atoms. The predicted molar refractivity (Wildman–Crippen MR) is 127 cm³/mol. The second kappa shape index (κ2) is 8.57. The Hall–Kier alpha value is -3.30. The first kappa shape index (κ1) is 21.5. The summed E-state index contributed by atoms with van der Waals surface area (Å²) in [6.07, 6.45) is 1.86. The molecule has 9 heteroatoms. The van der Waals surface area contributed by atoms with E-state index < -0.39 is 5.54 Å². The smallest absolute Gasteiger partial charge is 0.326 e. The highest BCUT2D eigenvalue weighted by atomic mass is 79.9. The lowest BCUT2D eigenvalue weighted by atomic mass is 9.78. The molecule has 0 bridgehead atoms. The minimum Gasteiger partial charge on any atom is -0.468 e. The van der Waals surface area contributed by atoms with E-state index in [2.05, 4.69) is 42.4 Å². The van der Waals surface area contributed by atoms with Crippen LogP contribution in [0.15, 0.2) is 63.9 Å². The van der Waals surface area contributed by atoms with Crippen LogP contribution < -0.4 is 10.9 Å². The van der Waals surface area contributed by atoms with Gasteiger partial charge in [0, 0.05) is 34.8 Å². The molecule has 4 aromatic rings. The van der Waals surface area contributed by atoms with Gasteiger partial charge in [-0.25, -0.2) is 0 Å². The van der Waals surface area contributed by atoms with Crippen LogP contribution in [0.25, 0.3) is 17.2 Å². The van der Waals surface area contributed by atoms with Crippen molar-refractivity contribution in [3.63, 3.8) is 0 Å². The summed E-state index contributed by atoms with van der Waals surface area (Å²) in [6.45, 7) is 0.276. The van der Waals surface area contributed by atoms with E-state index in [0.717, 1.165) is 22.0 Å². The molecule has 2 aromatic carbocycles. The number of rotatable bonds is 5. The van der Waals surface area contributed by atoms with Crippen LogP contribution in [0.2, 0.25) is 0 Å². The number of carbonyl (C=O) groups excluding carboxylic acids is 1. The normalized spacial score (nSPS) is 17.6. The molecule has 0 saturated carbocycles. The van der Waals surface area contributed by atoms with Gasteiger partial charge in [-0.15, -0.1) is 5.10 Å².